The van der Waals surface area contributed by atoms with E-state index in [2.05, 4.69) is 0 Å². The number of benzene rings is 2. The number of carbonyl (C=O) groups is 1. The molecular weight excluding hydrogens is 409 g/mol. The van der Waals surface area contributed by atoms with E-state index in [0.29, 0.717) is 11.3 Å². The van der Waals surface area contributed by atoms with Gasteiger partial charge in [0.15, 0.2) is 0 Å². The number of hydrogen-bond donors (Lipinski definition) is 0. The summed E-state index contributed by atoms with van der Waals surface area (Å²) in [6.07, 6.45) is -4.53. The molecule has 0 unspecified atom stereocenters. The summed E-state index contributed by atoms with van der Waals surface area (Å²) < 4.78 is 69.7. The highest BCUT2D eigenvalue weighted by Crippen LogP contribution is 2.30. The molecule has 0 aromatic heterocycles. The maximum Gasteiger partial charge on any atom is 0.416 e. The molecule has 1 fully saturated rings. The van der Waals surface area contributed by atoms with Crippen LogP contribution in [0.2, 0.25) is 0 Å². The topological polar surface area (TPSA) is 66.9 Å². The average Bonchev–Trinajstić information content (AvgIpc) is 2.73. The maximum atomic E-state index is 12.7. The van der Waals surface area contributed by atoms with E-state index >= 15 is 0 Å². The summed E-state index contributed by atoms with van der Waals surface area (Å²) in [4.78, 5) is 13.9. The first-order chi connectivity index (χ1) is 13.6. The molecule has 0 aliphatic carbocycles. The van der Waals surface area contributed by atoms with Gasteiger partial charge < -0.3 is 9.64 Å². The predicted molar refractivity (Wildman–Crippen MR) is 99.1 cm³/mol. The third kappa shape index (κ3) is 4.54. The van der Waals surface area contributed by atoms with E-state index in [1.165, 1.54) is 16.3 Å². The lowest BCUT2D eigenvalue weighted by molar-refractivity contribution is -0.137. The Morgan fingerprint density at radius 1 is 1.00 bits per heavy atom. The minimum Gasteiger partial charge on any atom is -0.497 e. The minimum absolute atomic E-state index is 0.0546. The molecule has 0 spiro atoms. The number of amides is 1. The van der Waals surface area contributed by atoms with Crippen molar-refractivity contribution in [3.05, 3.63) is 59.7 Å². The summed E-state index contributed by atoms with van der Waals surface area (Å²) in [7, 11) is -2.45. The summed E-state index contributed by atoms with van der Waals surface area (Å²) >= 11 is 0. The molecule has 0 N–H and O–H groups in total. The maximum absolute atomic E-state index is 12.7. The molecular formula is C19H19F3N2O4S. The fourth-order valence-corrected chi connectivity index (χ4v) is 4.46. The molecule has 1 amide bonds. The largest absolute Gasteiger partial charge is 0.497 e. The molecule has 2 aromatic rings. The Kier molecular flexibility index (Phi) is 5.85. The molecule has 1 aliphatic heterocycles. The Morgan fingerprint density at radius 2 is 1.62 bits per heavy atom. The van der Waals surface area contributed by atoms with Crippen LogP contribution in [-0.4, -0.2) is 56.8 Å². The molecule has 0 radical (unpaired) electrons. The summed E-state index contributed by atoms with van der Waals surface area (Å²) in [6.45, 7) is 0.462. The zero-order chi connectivity index (χ0) is 21.2. The first kappa shape index (κ1) is 21.1. The first-order valence-corrected chi connectivity index (χ1v) is 10.2. The molecule has 1 saturated heterocycles. The van der Waals surface area contributed by atoms with Gasteiger partial charge in [0, 0.05) is 31.7 Å². The molecule has 2 aromatic carbocycles. The van der Waals surface area contributed by atoms with Gasteiger partial charge in [-0.05, 0) is 42.5 Å². The number of carbonyl (C=O) groups excluding carboxylic acids is 1. The van der Waals surface area contributed by atoms with Crippen LogP contribution in [0.1, 0.15) is 15.9 Å². The molecule has 10 heteroatoms. The number of alkyl halides is 3. The summed E-state index contributed by atoms with van der Waals surface area (Å²) in [5, 5.41) is 0. The molecule has 3 rings (SSSR count). The molecule has 29 heavy (non-hydrogen) atoms. The fourth-order valence-electron chi connectivity index (χ4n) is 3.04. The number of hydrogen-bond acceptors (Lipinski definition) is 4. The van der Waals surface area contributed by atoms with E-state index < -0.39 is 21.8 Å². The van der Waals surface area contributed by atoms with Crippen molar-refractivity contribution in [2.24, 2.45) is 0 Å². The Balaban J connectivity index is 1.68. The van der Waals surface area contributed by atoms with E-state index in [1.54, 1.807) is 24.3 Å². The van der Waals surface area contributed by atoms with Gasteiger partial charge in [0.2, 0.25) is 10.0 Å². The second-order valence-electron chi connectivity index (χ2n) is 6.45. The fraction of sp³-hybridized carbons (Fsp3) is 0.316. The second-order valence-corrected chi connectivity index (χ2v) is 8.39. The lowest BCUT2D eigenvalue weighted by atomic mass is 10.1. The Hall–Kier alpha value is -2.59. The third-order valence-corrected chi connectivity index (χ3v) is 6.57. The number of halogens is 3. The quantitative estimate of drug-likeness (QED) is 0.751. The van der Waals surface area contributed by atoms with E-state index in [9.17, 15) is 26.4 Å². The van der Waals surface area contributed by atoms with Gasteiger partial charge >= 0.3 is 6.18 Å². The van der Waals surface area contributed by atoms with Crippen molar-refractivity contribution in [3.8, 4) is 5.75 Å². The first-order valence-electron chi connectivity index (χ1n) is 8.73. The van der Waals surface area contributed by atoms with Gasteiger partial charge in [-0.15, -0.1) is 0 Å². The Labute approximate surface area is 166 Å². The molecule has 6 nitrogen and oxygen atoms in total. The van der Waals surface area contributed by atoms with Crippen LogP contribution in [-0.2, 0) is 16.2 Å². The van der Waals surface area contributed by atoms with Crippen molar-refractivity contribution >= 4 is 15.9 Å². The number of methoxy groups -OCH3 is 1. The van der Waals surface area contributed by atoms with Crippen LogP contribution in [0.3, 0.4) is 0 Å². The summed E-state index contributed by atoms with van der Waals surface area (Å²) in [5.74, 6) is 0.301. The van der Waals surface area contributed by atoms with Gasteiger partial charge in [0.1, 0.15) is 5.75 Å². The van der Waals surface area contributed by atoms with Gasteiger partial charge in [-0.1, -0.05) is 6.07 Å². The van der Waals surface area contributed by atoms with Gasteiger partial charge in [0.05, 0.1) is 17.6 Å². The molecule has 0 saturated carbocycles. The summed E-state index contributed by atoms with van der Waals surface area (Å²) in [6, 6.07) is 10.1. The van der Waals surface area contributed by atoms with Crippen LogP contribution in [0.25, 0.3) is 0 Å². The average molecular weight is 428 g/mol. The van der Waals surface area contributed by atoms with Crippen molar-refractivity contribution in [3.63, 3.8) is 0 Å². The number of rotatable bonds is 4. The van der Waals surface area contributed by atoms with Crippen LogP contribution in [0.4, 0.5) is 13.2 Å². The monoisotopic (exact) mass is 428 g/mol. The van der Waals surface area contributed by atoms with Crippen molar-refractivity contribution in [2.45, 2.75) is 11.1 Å². The zero-order valence-electron chi connectivity index (χ0n) is 15.5. The Bertz CT molecular complexity index is 983. The van der Waals surface area contributed by atoms with Crippen LogP contribution in [0, 0.1) is 0 Å². The molecule has 156 valence electrons. The van der Waals surface area contributed by atoms with E-state index in [1.807, 2.05) is 0 Å². The van der Waals surface area contributed by atoms with Crippen LogP contribution < -0.4 is 4.74 Å². The van der Waals surface area contributed by atoms with E-state index in [0.717, 1.165) is 24.3 Å². The van der Waals surface area contributed by atoms with E-state index in [-0.39, 0.29) is 37.0 Å². The minimum atomic E-state index is -4.53. The van der Waals surface area contributed by atoms with Gasteiger partial charge in [-0.25, -0.2) is 8.42 Å². The lowest BCUT2D eigenvalue weighted by Crippen LogP contribution is -2.50. The number of nitrogens with zero attached hydrogens (tertiary/aromatic N) is 2. The summed E-state index contributed by atoms with van der Waals surface area (Å²) in [5.41, 5.74) is -0.478. The van der Waals surface area contributed by atoms with Gasteiger partial charge in [-0.3, -0.25) is 4.79 Å². The van der Waals surface area contributed by atoms with Crippen molar-refractivity contribution in [1.82, 2.24) is 9.21 Å². The Morgan fingerprint density at radius 3 is 2.17 bits per heavy atom. The van der Waals surface area contributed by atoms with Crippen LogP contribution in [0.5, 0.6) is 5.75 Å². The highest BCUT2D eigenvalue weighted by Gasteiger charge is 2.33. The number of piperazine rings is 1. The standard InChI is InChI=1S/C19H19F3N2O4S/c1-28-16-4-2-3-14(13-16)18(25)23-9-11-24(12-10-23)29(26,27)17-7-5-15(6-8-17)19(20,21)22/h2-8,13H,9-12H2,1H3. The van der Waals surface area contributed by atoms with Crippen LogP contribution in [0.15, 0.2) is 53.4 Å². The molecule has 0 bridgehead atoms. The number of ether oxygens (including phenoxy) is 1. The highest BCUT2D eigenvalue weighted by molar-refractivity contribution is 7.89. The SMILES string of the molecule is COc1cccc(C(=O)N2CCN(S(=O)(=O)c3ccc(C(F)(F)F)cc3)CC2)c1. The number of sulfonamides is 1. The predicted octanol–water partition coefficient (Wildman–Crippen LogP) is 2.86. The normalized spacial score (nSPS) is 15.9. The van der Waals surface area contributed by atoms with Crippen LogP contribution >= 0.6 is 0 Å². The lowest BCUT2D eigenvalue weighted by Gasteiger charge is -2.34. The van der Waals surface area contributed by atoms with Gasteiger partial charge in [-0.2, -0.15) is 17.5 Å². The smallest absolute Gasteiger partial charge is 0.416 e. The highest BCUT2D eigenvalue weighted by atomic mass is 32.2. The van der Waals surface area contributed by atoms with Crippen molar-refractivity contribution in [1.29, 1.82) is 0 Å². The molecule has 1 aliphatic rings. The zero-order valence-corrected chi connectivity index (χ0v) is 16.3. The molecule has 1 heterocycles. The molecule has 0 atom stereocenters. The third-order valence-electron chi connectivity index (χ3n) is 4.66. The van der Waals surface area contributed by atoms with Gasteiger partial charge in [0.25, 0.3) is 5.91 Å². The van der Waals surface area contributed by atoms with Crippen molar-refractivity contribution in [2.75, 3.05) is 33.3 Å². The van der Waals surface area contributed by atoms with E-state index in [4.69, 9.17) is 4.74 Å². The van der Waals surface area contributed by atoms with Crippen molar-refractivity contribution < 1.29 is 31.1 Å². The second kappa shape index (κ2) is 8.03.